The number of rotatable bonds is 1. The maximum absolute atomic E-state index is 4.49. The van der Waals surface area contributed by atoms with Crippen LogP contribution in [0.15, 0.2) is 24.3 Å². The third kappa shape index (κ3) is 2.51. The second kappa shape index (κ2) is 6.17. The molecule has 2 fully saturated rings. The lowest BCUT2D eigenvalue weighted by atomic mass is 9.50. The monoisotopic (exact) mass is 302 g/mol. The lowest BCUT2D eigenvalue weighted by Crippen LogP contribution is -2.49. The average Bonchev–Trinajstić information content (AvgIpc) is 2.50. The summed E-state index contributed by atoms with van der Waals surface area (Å²) in [6, 6.07) is 0. The normalized spacial score (nSPS) is 53.6. The van der Waals surface area contributed by atoms with Crippen LogP contribution in [0.25, 0.3) is 0 Å². The van der Waals surface area contributed by atoms with E-state index in [9.17, 15) is 0 Å². The van der Waals surface area contributed by atoms with Crippen molar-refractivity contribution in [1.29, 1.82) is 0 Å². The highest BCUT2D eigenvalue weighted by Crippen LogP contribution is 2.56. The van der Waals surface area contributed by atoms with Gasteiger partial charge in [-0.15, -0.1) is 0 Å². The van der Waals surface area contributed by atoms with Crippen LogP contribution in [0, 0.1) is 59.2 Å². The lowest BCUT2D eigenvalue weighted by molar-refractivity contribution is -0.00596. The third-order valence-electron chi connectivity index (χ3n) is 8.39. The van der Waals surface area contributed by atoms with E-state index in [4.69, 9.17) is 0 Å². The Hall–Kier alpha value is -0.520. The Morgan fingerprint density at radius 1 is 0.455 bits per heavy atom. The quantitative estimate of drug-likeness (QED) is 0.488. The molecule has 0 spiro atoms. The van der Waals surface area contributed by atoms with E-state index in [1.807, 2.05) is 0 Å². The van der Waals surface area contributed by atoms with Crippen LogP contribution in [0.1, 0.15) is 55.4 Å². The van der Waals surface area contributed by atoms with Crippen LogP contribution in [-0.2, 0) is 0 Å². The Morgan fingerprint density at radius 2 is 0.727 bits per heavy atom. The molecule has 0 heterocycles. The summed E-state index contributed by atoms with van der Waals surface area (Å²) in [6.45, 7) is 28.5. The summed E-state index contributed by atoms with van der Waals surface area (Å²) in [7, 11) is 0. The summed E-state index contributed by atoms with van der Waals surface area (Å²) >= 11 is 0. The Morgan fingerprint density at radius 3 is 1.00 bits per heavy atom. The van der Waals surface area contributed by atoms with E-state index in [1.165, 1.54) is 11.1 Å². The van der Waals surface area contributed by atoms with Gasteiger partial charge in [0, 0.05) is 0 Å². The van der Waals surface area contributed by atoms with Crippen molar-refractivity contribution in [2.75, 3.05) is 0 Å². The molecule has 0 bridgehead atoms. The Balaban J connectivity index is 2.39. The van der Waals surface area contributed by atoms with Gasteiger partial charge in [-0.25, -0.2) is 0 Å². The van der Waals surface area contributed by atoms with Gasteiger partial charge >= 0.3 is 0 Å². The first-order valence-electron chi connectivity index (χ1n) is 9.48. The first kappa shape index (κ1) is 17.8. The molecule has 2 rings (SSSR count). The Labute approximate surface area is 139 Å². The number of allylic oxidation sites excluding steroid dienone is 2. The fraction of sp³-hybridized carbons (Fsp3) is 0.818. The first-order chi connectivity index (χ1) is 10.1. The molecule has 10 atom stereocenters. The van der Waals surface area contributed by atoms with Gasteiger partial charge in [-0.05, 0) is 59.2 Å². The summed E-state index contributed by atoms with van der Waals surface area (Å²) in [5.74, 6) is 7.18. The molecule has 2 aliphatic rings. The number of hydrogen-bond donors (Lipinski definition) is 0. The standard InChI is InChI=1S/C22H38/c1-11-13(3)17(7)21(18(8)14(11)4)22-19(9)15(5)12(2)16(6)20(22)10/h11-12,14,16-22H,3,5H2,1-2,4,6-10H3. The van der Waals surface area contributed by atoms with Crippen molar-refractivity contribution < 1.29 is 0 Å². The first-order valence-corrected chi connectivity index (χ1v) is 9.48. The average molecular weight is 303 g/mol. The van der Waals surface area contributed by atoms with Crippen molar-refractivity contribution in [3.63, 3.8) is 0 Å². The summed E-state index contributed by atoms with van der Waals surface area (Å²) in [4.78, 5) is 0. The molecular weight excluding hydrogens is 264 g/mol. The molecule has 0 aromatic carbocycles. The molecule has 126 valence electrons. The molecule has 2 aliphatic carbocycles. The van der Waals surface area contributed by atoms with Crippen molar-refractivity contribution in [3.05, 3.63) is 24.3 Å². The van der Waals surface area contributed by atoms with Gasteiger partial charge in [-0.1, -0.05) is 79.7 Å². The van der Waals surface area contributed by atoms with E-state index in [-0.39, 0.29) is 0 Å². The largest absolute Gasteiger partial charge is 0.0993 e. The summed E-state index contributed by atoms with van der Waals surface area (Å²) in [5.41, 5.74) is 2.98. The van der Waals surface area contributed by atoms with E-state index >= 15 is 0 Å². The van der Waals surface area contributed by atoms with E-state index in [1.54, 1.807) is 0 Å². The van der Waals surface area contributed by atoms with Gasteiger partial charge in [0.15, 0.2) is 0 Å². The van der Waals surface area contributed by atoms with Crippen molar-refractivity contribution in [2.24, 2.45) is 59.2 Å². The van der Waals surface area contributed by atoms with Crippen molar-refractivity contribution in [3.8, 4) is 0 Å². The van der Waals surface area contributed by atoms with Crippen LogP contribution in [0.4, 0.5) is 0 Å². The summed E-state index contributed by atoms with van der Waals surface area (Å²) in [6.07, 6.45) is 0. The molecule has 0 aliphatic heterocycles. The van der Waals surface area contributed by atoms with Crippen molar-refractivity contribution in [1.82, 2.24) is 0 Å². The SMILES string of the molecule is C=C1C(C)C(C)C(C)C(C2C(C)C(=C)C(C)C(C)C2C)C1C. The van der Waals surface area contributed by atoms with Gasteiger partial charge in [-0.2, -0.15) is 0 Å². The molecule has 0 radical (unpaired) electrons. The predicted molar refractivity (Wildman–Crippen MR) is 98.6 cm³/mol. The van der Waals surface area contributed by atoms with Crippen LogP contribution in [0.3, 0.4) is 0 Å². The van der Waals surface area contributed by atoms with Crippen molar-refractivity contribution >= 4 is 0 Å². The highest BCUT2D eigenvalue weighted by atomic mass is 14.5. The van der Waals surface area contributed by atoms with Crippen LogP contribution < -0.4 is 0 Å². The van der Waals surface area contributed by atoms with Crippen LogP contribution in [0.2, 0.25) is 0 Å². The highest BCUT2D eigenvalue weighted by Gasteiger charge is 2.49. The fourth-order valence-corrected chi connectivity index (χ4v) is 5.89. The smallest absolute Gasteiger partial charge is 0.0198 e. The molecule has 22 heavy (non-hydrogen) atoms. The molecule has 0 aromatic rings. The zero-order valence-corrected chi connectivity index (χ0v) is 16.2. The Kier molecular flexibility index (Phi) is 5.00. The van der Waals surface area contributed by atoms with Gasteiger partial charge in [-0.3, -0.25) is 0 Å². The van der Waals surface area contributed by atoms with Crippen LogP contribution >= 0.6 is 0 Å². The van der Waals surface area contributed by atoms with E-state index < -0.39 is 0 Å². The number of hydrogen-bond acceptors (Lipinski definition) is 0. The van der Waals surface area contributed by atoms with Gasteiger partial charge in [0.25, 0.3) is 0 Å². The molecule has 10 unspecified atom stereocenters. The zero-order valence-electron chi connectivity index (χ0n) is 16.2. The minimum atomic E-state index is 0.643. The molecule has 2 saturated carbocycles. The fourth-order valence-electron chi connectivity index (χ4n) is 5.89. The zero-order chi connectivity index (χ0) is 16.9. The van der Waals surface area contributed by atoms with Gasteiger partial charge in [0.1, 0.15) is 0 Å². The van der Waals surface area contributed by atoms with Gasteiger partial charge < -0.3 is 0 Å². The van der Waals surface area contributed by atoms with E-state index in [0.29, 0.717) is 23.7 Å². The molecule has 0 saturated heterocycles. The molecule has 0 nitrogen and oxygen atoms in total. The second-order valence-electron chi connectivity index (χ2n) is 8.90. The van der Waals surface area contributed by atoms with Crippen LogP contribution in [-0.4, -0.2) is 0 Å². The molecule has 0 heteroatoms. The molecular formula is C22H38. The molecule has 0 amide bonds. The summed E-state index contributed by atoms with van der Waals surface area (Å²) in [5, 5.41) is 0. The predicted octanol–water partition coefficient (Wildman–Crippen LogP) is 6.45. The maximum Gasteiger partial charge on any atom is -0.0198 e. The maximum atomic E-state index is 4.49. The van der Waals surface area contributed by atoms with Gasteiger partial charge in [0.05, 0.1) is 0 Å². The second-order valence-corrected chi connectivity index (χ2v) is 8.90. The van der Waals surface area contributed by atoms with Crippen LogP contribution in [0.5, 0.6) is 0 Å². The minimum Gasteiger partial charge on any atom is -0.0993 e. The van der Waals surface area contributed by atoms with Gasteiger partial charge in [0.2, 0.25) is 0 Å². The topological polar surface area (TPSA) is 0 Å². The Bertz CT molecular complexity index is 403. The molecule has 0 N–H and O–H groups in total. The molecule has 0 aromatic heterocycles. The lowest BCUT2D eigenvalue weighted by Gasteiger charge is -2.55. The van der Waals surface area contributed by atoms with E-state index in [2.05, 4.69) is 68.5 Å². The van der Waals surface area contributed by atoms with E-state index in [0.717, 1.165) is 35.5 Å². The summed E-state index contributed by atoms with van der Waals surface area (Å²) < 4.78 is 0. The third-order valence-corrected chi connectivity index (χ3v) is 8.39. The minimum absolute atomic E-state index is 0.643. The highest BCUT2D eigenvalue weighted by molar-refractivity contribution is 5.18. The van der Waals surface area contributed by atoms with Crippen molar-refractivity contribution in [2.45, 2.75) is 55.4 Å².